The molecule has 2 N–H and O–H groups in total. The van der Waals surface area contributed by atoms with Gasteiger partial charge in [-0.3, -0.25) is 0 Å². The number of aromatic nitrogens is 2. The fourth-order valence-corrected chi connectivity index (χ4v) is 2.11. The molecule has 22 heavy (non-hydrogen) atoms. The largest absolute Gasteiger partial charge is 0.491 e. The van der Waals surface area contributed by atoms with Crippen molar-refractivity contribution in [3.05, 3.63) is 34.7 Å². The van der Waals surface area contributed by atoms with E-state index in [1.54, 1.807) is 13.8 Å². The quantitative estimate of drug-likeness (QED) is 0.854. The third kappa shape index (κ3) is 2.99. The van der Waals surface area contributed by atoms with E-state index in [0.717, 1.165) is 10.7 Å². The maximum absolute atomic E-state index is 14.3. The van der Waals surface area contributed by atoms with Crippen LogP contribution in [0.25, 0.3) is 5.69 Å². The van der Waals surface area contributed by atoms with Crippen LogP contribution in [-0.4, -0.2) is 29.0 Å². The third-order valence-corrected chi connectivity index (χ3v) is 3.02. The Kier molecular flexibility index (Phi) is 4.87. The Labute approximate surface area is 131 Å². The lowest BCUT2D eigenvalue weighted by atomic mass is 10.2. The van der Waals surface area contributed by atoms with E-state index < -0.39 is 11.8 Å². The molecule has 2 rings (SSSR count). The average molecular weight is 328 g/mol. The summed E-state index contributed by atoms with van der Waals surface area (Å²) in [4.78, 5) is 11.8. The molecule has 0 aliphatic heterocycles. The Balaban J connectivity index is 2.55. The summed E-state index contributed by atoms with van der Waals surface area (Å²) in [5, 5.41) is 4.13. The monoisotopic (exact) mass is 327 g/mol. The van der Waals surface area contributed by atoms with Crippen LogP contribution in [0.4, 0.5) is 10.2 Å². The standard InChI is InChI=1S/C14H15ClFN3O3/c1-3-21-11-6-8(15)5-10(16)12(11)19-13(17)9(7-18-19)14(20)22-4-2/h5-7H,3-4,17H2,1-2H3. The van der Waals surface area contributed by atoms with Crippen molar-refractivity contribution in [3.8, 4) is 11.4 Å². The number of hydrogen-bond acceptors (Lipinski definition) is 5. The van der Waals surface area contributed by atoms with Gasteiger partial charge in [0.25, 0.3) is 0 Å². The Morgan fingerprint density at radius 1 is 1.41 bits per heavy atom. The molecule has 0 saturated carbocycles. The molecule has 0 saturated heterocycles. The maximum Gasteiger partial charge on any atom is 0.343 e. The highest BCUT2D eigenvalue weighted by molar-refractivity contribution is 6.30. The van der Waals surface area contributed by atoms with Crippen LogP contribution in [-0.2, 0) is 4.74 Å². The Hall–Kier alpha value is -2.28. The van der Waals surface area contributed by atoms with Crippen LogP contribution in [0.1, 0.15) is 24.2 Å². The van der Waals surface area contributed by atoms with Gasteiger partial charge in [-0.05, 0) is 19.9 Å². The van der Waals surface area contributed by atoms with Gasteiger partial charge in [-0.15, -0.1) is 0 Å². The van der Waals surface area contributed by atoms with Crippen molar-refractivity contribution in [2.24, 2.45) is 0 Å². The fraction of sp³-hybridized carbons (Fsp3) is 0.286. The van der Waals surface area contributed by atoms with E-state index in [-0.39, 0.29) is 34.4 Å². The average Bonchev–Trinajstić information content (AvgIpc) is 2.81. The number of benzene rings is 1. The summed E-state index contributed by atoms with van der Waals surface area (Å²) in [5.41, 5.74) is 5.92. The van der Waals surface area contributed by atoms with Crippen molar-refractivity contribution < 1.29 is 18.7 Å². The van der Waals surface area contributed by atoms with Crippen molar-refractivity contribution >= 4 is 23.4 Å². The van der Waals surface area contributed by atoms with Gasteiger partial charge in [0.2, 0.25) is 0 Å². The zero-order valence-corrected chi connectivity index (χ0v) is 12.9. The molecule has 0 fully saturated rings. The second-order valence-corrected chi connectivity index (χ2v) is 4.68. The predicted molar refractivity (Wildman–Crippen MR) is 80.1 cm³/mol. The molecule has 0 unspecified atom stereocenters. The number of nitrogens with two attached hydrogens (primary N) is 1. The second kappa shape index (κ2) is 6.65. The van der Waals surface area contributed by atoms with Gasteiger partial charge in [0.05, 0.1) is 19.4 Å². The molecule has 118 valence electrons. The molecular weight excluding hydrogens is 313 g/mol. The van der Waals surface area contributed by atoms with Gasteiger partial charge in [0, 0.05) is 11.1 Å². The summed E-state index contributed by atoms with van der Waals surface area (Å²) in [7, 11) is 0. The molecule has 1 aromatic heterocycles. The number of esters is 1. The minimum atomic E-state index is -0.666. The van der Waals surface area contributed by atoms with Crippen LogP contribution in [0.2, 0.25) is 5.02 Å². The topological polar surface area (TPSA) is 79.4 Å². The van der Waals surface area contributed by atoms with Crippen molar-refractivity contribution in [1.29, 1.82) is 0 Å². The Morgan fingerprint density at radius 3 is 2.77 bits per heavy atom. The molecule has 6 nitrogen and oxygen atoms in total. The first-order valence-corrected chi connectivity index (χ1v) is 7.00. The SMILES string of the molecule is CCOC(=O)c1cnn(-c2c(F)cc(Cl)cc2OCC)c1N. The van der Waals surface area contributed by atoms with Crippen molar-refractivity contribution in [1.82, 2.24) is 9.78 Å². The summed E-state index contributed by atoms with van der Waals surface area (Å²) in [6.07, 6.45) is 1.22. The van der Waals surface area contributed by atoms with Gasteiger partial charge in [-0.2, -0.15) is 5.10 Å². The third-order valence-electron chi connectivity index (χ3n) is 2.81. The van der Waals surface area contributed by atoms with E-state index in [1.807, 2.05) is 0 Å². The number of ether oxygens (including phenoxy) is 2. The first kappa shape index (κ1) is 16.1. The minimum Gasteiger partial charge on any atom is -0.491 e. The molecule has 0 amide bonds. The minimum absolute atomic E-state index is 0.0145. The predicted octanol–water partition coefficient (Wildman–Crippen LogP) is 2.82. The van der Waals surface area contributed by atoms with Gasteiger partial charge in [0.1, 0.15) is 22.8 Å². The van der Waals surface area contributed by atoms with Crippen molar-refractivity contribution in [2.75, 3.05) is 18.9 Å². The molecule has 8 heteroatoms. The highest BCUT2D eigenvalue weighted by Crippen LogP contribution is 2.32. The Morgan fingerprint density at radius 2 is 2.14 bits per heavy atom. The smallest absolute Gasteiger partial charge is 0.343 e. The highest BCUT2D eigenvalue weighted by atomic mass is 35.5. The van der Waals surface area contributed by atoms with Crippen LogP contribution in [0.5, 0.6) is 5.75 Å². The van der Waals surface area contributed by atoms with Crippen LogP contribution >= 0.6 is 11.6 Å². The van der Waals surface area contributed by atoms with Gasteiger partial charge in [-0.1, -0.05) is 11.6 Å². The second-order valence-electron chi connectivity index (χ2n) is 4.24. The van der Waals surface area contributed by atoms with E-state index in [1.165, 1.54) is 12.3 Å². The lowest BCUT2D eigenvalue weighted by Gasteiger charge is -2.13. The Bertz CT molecular complexity index is 703. The number of anilines is 1. The van der Waals surface area contributed by atoms with Gasteiger partial charge < -0.3 is 15.2 Å². The van der Waals surface area contributed by atoms with E-state index >= 15 is 0 Å². The summed E-state index contributed by atoms with van der Waals surface area (Å²) in [6.45, 7) is 3.92. The first-order chi connectivity index (χ1) is 10.5. The molecule has 0 radical (unpaired) electrons. The van der Waals surface area contributed by atoms with Crippen molar-refractivity contribution in [3.63, 3.8) is 0 Å². The van der Waals surface area contributed by atoms with E-state index in [4.69, 9.17) is 26.8 Å². The lowest BCUT2D eigenvalue weighted by Crippen LogP contribution is -2.11. The molecular formula is C14H15ClFN3O3. The van der Waals surface area contributed by atoms with Crippen LogP contribution in [0, 0.1) is 5.82 Å². The number of nitrogens with zero attached hydrogens (tertiary/aromatic N) is 2. The molecule has 0 bridgehead atoms. The summed E-state index contributed by atoms with van der Waals surface area (Å²) in [6, 6.07) is 2.57. The lowest BCUT2D eigenvalue weighted by molar-refractivity contribution is 0.0527. The maximum atomic E-state index is 14.3. The van der Waals surface area contributed by atoms with Crippen LogP contribution in [0.3, 0.4) is 0 Å². The number of carbonyl (C=O) groups excluding carboxylic acids is 1. The van der Waals surface area contributed by atoms with Gasteiger partial charge in [0.15, 0.2) is 5.82 Å². The molecule has 2 aromatic rings. The summed E-state index contributed by atoms with van der Waals surface area (Å²) in [5.74, 6) is -1.15. The normalized spacial score (nSPS) is 10.5. The molecule has 0 spiro atoms. The van der Waals surface area contributed by atoms with Crippen LogP contribution in [0.15, 0.2) is 18.3 Å². The molecule has 0 aliphatic rings. The number of halogens is 2. The number of carbonyl (C=O) groups is 1. The number of hydrogen-bond donors (Lipinski definition) is 1. The molecule has 1 heterocycles. The first-order valence-electron chi connectivity index (χ1n) is 6.62. The zero-order chi connectivity index (χ0) is 16.3. The van der Waals surface area contributed by atoms with Gasteiger partial charge in [-0.25, -0.2) is 13.9 Å². The van der Waals surface area contributed by atoms with Crippen LogP contribution < -0.4 is 10.5 Å². The van der Waals surface area contributed by atoms with E-state index in [0.29, 0.717) is 6.61 Å². The molecule has 1 aromatic carbocycles. The van der Waals surface area contributed by atoms with Crippen molar-refractivity contribution in [2.45, 2.75) is 13.8 Å². The highest BCUT2D eigenvalue weighted by Gasteiger charge is 2.22. The van der Waals surface area contributed by atoms with E-state index in [2.05, 4.69) is 5.10 Å². The molecule has 0 aliphatic carbocycles. The number of rotatable bonds is 5. The summed E-state index contributed by atoms with van der Waals surface area (Å²) >= 11 is 5.83. The molecule has 0 atom stereocenters. The van der Waals surface area contributed by atoms with E-state index in [9.17, 15) is 9.18 Å². The zero-order valence-electron chi connectivity index (χ0n) is 12.1. The number of nitrogen functional groups attached to an aromatic ring is 1. The summed E-state index contributed by atoms with van der Waals surface area (Å²) < 4.78 is 25.6. The van der Waals surface area contributed by atoms with Gasteiger partial charge >= 0.3 is 5.97 Å². The fourth-order valence-electron chi connectivity index (χ4n) is 1.92.